The Hall–Kier alpha value is -1.35. The Kier molecular flexibility index (Phi) is 5.05. The number of rotatable bonds is 4. The molecule has 1 aromatic rings. The number of carbonyl (C=O) groups is 1. The molecule has 2 atom stereocenters. The Morgan fingerprint density at radius 3 is 2.48 bits per heavy atom. The zero-order valence-corrected chi connectivity index (χ0v) is 14.5. The molecule has 2 saturated carbocycles. The lowest BCUT2D eigenvalue weighted by atomic mass is 9.65. The molecule has 3 heteroatoms. The van der Waals surface area contributed by atoms with Crippen molar-refractivity contribution < 1.29 is 4.79 Å². The van der Waals surface area contributed by atoms with E-state index >= 15 is 0 Å². The molecular formula is C20H30N2O. The number of hydrogen-bond donors (Lipinski definition) is 2. The summed E-state index contributed by atoms with van der Waals surface area (Å²) in [4.78, 5) is 12.8. The first-order valence-corrected chi connectivity index (χ1v) is 9.30. The van der Waals surface area contributed by atoms with E-state index in [0.29, 0.717) is 17.9 Å². The molecule has 1 amide bonds. The summed E-state index contributed by atoms with van der Waals surface area (Å²) < 4.78 is 0. The fourth-order valence-corrected chi connectivity index (χ4v) is 4.51. The molecule has 2 fully saturated rings. The molecule has 0 radical (unpaired) electrons. The van der Waals surface area contributed by atoms with Crippen molar-refractivity contribution in [1.29, 1.82) is 0 Å². The van der Waals surface area contributed by atoms with E-state index in [2.05, 4.69) is 37.4 Å². The number of benzene rings is 1. The Bertz CT molecular complexity index is 555. The van der Waals surface area contributed by atoms with Crippen molar-refractivity contribution >= 4 is 11.6 Å². The summed E-state index contributed by atoms with van der Waals surface area (Å²) in [6.07, 6.45) is 7.57. The molecule has 2 unspecified atom stereocenters. The van der Waals surface area contributed by atoms with Crippen LogP contribution in [0.2, 0.25) is 0 Å². The van der Waals surface area contributed by atoms with Gasteiger partial charge in [-0.3, -0.25) is 4.79 Å². The maximum absolute atomic E-state index is 12.8. The smallest absolute Gasteiger partial charge is 0.227 e. The summed E-state index contributed by atoms with van der Waals surface area (Å²) in [7, 11) is 0. The Morgan fingerprint density at radius 1 is 1.17 bits per heavy atom. The van der Waals surface area contributed by atoms with E-state index in [1.165, 1.54) is 30.4 Å². The fraction of sp³-hybridized carbons (Fsp3) is 0.650. The van der Waals surface area contributed by atoms with Gasteiger partial charge in [0.15, 0.2) is 0 Å². The second kappa shape index (κ2) is 7.04. The predicted octanol–water partition coefficient (Wildman–Crippen LogP) is 3.90. The van der Waals surface area contributed by atoms with Crippen molar-refractivity contribution in [1.82, 2.24) is 0 Å². The summed E-state index contributed by atoms with van der Waals surface area (Å²) in [5.41, 5.74) is 9.87. The first kappa shape index (κ1) is 16.5. The van der Waals surface area contributed by atoms with E-state index in [1.807, 2.05) is 0 Å². The lowest BCUT2D eigenvalue weighted by Crippen LogP contribution is -2.48. The van der Waals surface area contributed by atoms with Gasteiger partial charge in [-0.15, -0.1) is 0 Å². The highest BCUT2D eigenvalue weighted by molar-refractivity contribution is 5.93. The van der Waals surface area contributed by atoms with Crippen LogP contribution in [0.4, 0.5) is 5.69 Å². The van der Waals surface area contributed by atoms with E-state index in [0.717, 1.165) is 31.4 Å². The van der Waals surface area contributed by atoms with E-state index in [-0.39, 0.29) is 11.8 Å². The summed E-state index contributed by atoms with van der Waals surface area (Å²) >= 11 is 0. The van der Waals surface area contributed by atoms with Gasteiger partial charge >= 0.3 is 0 Å². The zero-order valence-electron chi connectivity index (χ0n) is 14.5. The van der Waals surface area contributed by atoms with Gasteiger partial charge in [0.1, 0.15) is 0 Å². The van der Waals surface area contributed by atoms with Crippen LogP contribution in [0.5, 0.6) is 0 Å². The van der Waals surface area contributed by atoms with Crippen LogP contribution in [0, 0.1) is 17.8 Å². The molecular weight excluding hydrogens is 284 g/mol. The minimum Gasteiger partial charge on any atom is -0.327 e. The van der Waals surface area contributed by atoms with Crippen molar-refractivity contribution in [2.24, 2.45) is 23.5 Å². The van der Waals surface area contributed by atoms with Crippen LogP contribution in [0.1, 0.15) is 57.1 Å². The first-order chi connectivity index (χ1) is 11.1. The minimum atomic E-state index is 0.139. The van der Waals surface area contributed by atoms with Crippen molar-refractivity contribution in [3.05, 3.63) is 29.3 Å². The van der Waals surface area contributed by atoms with Gasteiger partial charge in [-0.1, -0.05) is 32.4 Å². The van der Waals surface area contributed by atoms with Crippen molar-refractivity contribution in [2.75, 3.05) is 5.32 Å². The highest BCUT2D eigenvalue weighted by Gasteiger charge is 2.40. The highest BCUT2D eigenvalue weighted by atomic mass is 16.1. The number of fused-ring (bicyclic) bond motifs is 2. The second-order valence-electron chi connectivity index (χ2n) is 7.38. The van der Waals surface area contributed by atoms with Gasteiger partial charge in [0.05, 0.1) is 0 Å². The van der Waals surface area contributed by atoms with E-state index < -0.39 is 0 Å². The SMILES string of the molecule is CCc1ccc(CC)c(NC(=O)C2CC3CCCC(C2)C3N)c1. The third-order valence-electron chi connectivity index (χ3n) is 6.01. The first-order valence-electron chi connectivity index (χ1n) is 9.30. The van der Waals surface area contributed by atoms with Gasteiger partial charge in [-0.25, -0.2) is 0 Å². The summed E-state index contributed by atoms with van der Waals surface area (Å²) in [6.45, 7) is 4.29. The van der Waals surface area contributed by atoms with Gasteiger partial charge in [0.25, 0.3) is 0 Å². The molecule has 1 aromatic carbocycles. The average Bonchev–Trinajstić information content (AvgIpc) is 2.54. The van der Waals surface area contributed by atoms with Crippen LogP contribution in [-0.4, -0.2) is 11.9 Å². The normalized spacial score (nSPS) is 30.0. The van der Waals surface area contributed by atoms with Gasteiger partial charge in [0, 0.05) is 17.6 Å². The molecule has 126 valence electrons. The molecule has 0 saturated heterocycles. The van der Waals surface area contributed by atoms with Crippen molar-refractivity contribution in [3.63, 3.8) is 0 Å². The molecule has 0 aromatic heterocycles. The Balaban J connectivity index is 1.72. The topological polar surface area (TPSA) is 55.1 Å². The zero-order chi connectivity index (χ0) is 16.4. The van der Waals surface area contributed by atoms with Gasteiger partial charge < -0.3 is 11.1 Å². The monoisotopic (exact) mass is 314 g/mol. The van der Waals surface area contributed by atoms with E-state index in [4.69, 9.17) is 5.73 Å². The maximum Gasteiger partial charge on any atom is 0.227 e. The summed E-state index contributed by atoms with van der Waals surface area (Å²) in [5, 5.41) is 3.23. The Morgan fingerprint density at radius 2 is 1.87 bits per heavy atom. The number of amides is 1. The fourth-order valence-electron chi connectivity index (χ4n) is 4.51. The van der Waals surface area contributed by atoms with Crippen molar-refractivity contribution in [3.8, 4) is 0 Å². The number of hydrogen-bond acceptors (Lipinski definition) is 2. The second-order valence-corrected chi connectivity index (χ2v) is 7.38. The third-order valence-corrected chi connectivity index (χ3v) is 6.01. The molecule has 2 aliphatic rings. The third kappa shape index (κ3) is 3.45. The van der Waals surface area contributed by atoms with Crippen LogP contribution in [0.3, 0.4) is 0 Å². The van der Waals surface area contributed by atoms with Crippen LogP contribution >= 0.6 is 0 Å². The number of nitrogens with two attached hydrogens (primary N) is 1. The summed E-state index contributed by atoms with van der Waals surface area (Å²) in [5.74, 6) is 1.44. The molecule has 0 spiro atoms. The summed E-state index contributed by atoms with van der Waals surface area (Å²) in [6, 6.07) is 6.78. The van der Waals surface area contributed by atoms with E-state index in [9.17, 15) is 4.79 Å². The van der Waals surface area contributed by atoms with Gasteiger partial charge in [0.2, 0.25) is 5.91 Å². The molecule has 2 aliphatic carbocycles. The standard InChI is InChI=1S/C20H30N2O/c1-3-13-8-9-14(4-2)18(10-13)22-20(23)17-11-15-6-5-7-16(12-17)19(15)21/h8-10,15-17,19H,3-7,11-12,21H2,1-2H3,(H,22,23). The Labute approximate surface area is 140 Å². The van der Waals surface area contributed by atoms with Gasteiger partial charge in [-0.05, 0) is 67.6 Å². The quantitative estimate of drug-likeness (QED) is 0.885. The van der Waals surface area contributed by atoms with Crippen LogP contribution < -0.4 is 11.1 Å². The minimum absolute atomic E-state index is 0.139. The molecule has 3 rings (SSSR count). The molecule has 2 bridgehead atoms. The van der Waals surface area contributed by atoms with Crippen LogP contribution in [0.15, 0.2) is 18.2 Å². The molecule has 3 nitrogen and oxygen atoms in total. The lowest BCUT2D eigenvalue weighted by molar-refractivity contribution is -0.122. The van der Waals surface area contributed by atoms with Gasteiger partial charge in [-0.2, -0.15) is 0 Å². The van der Waals surface area contributed by atoms with Crippen LogP contribution in [0.25, 0.3) is 0 Å². The number of aryl methyl sites for hydroxylation is 2. The average molecular weight is 314 g/mol. The maximum atomic E-state index is 12.8. The largest absolute Gasteiger partial charge is 0.327 e. The molecule has 3 N–H and O–H groups in total. The molecule has 0 heterocycles. The van der Waals surface area contributed by atoms with Crippen molar-refractivity contribution in [2.45, 2.75) is 64.8 Å². The van der Waals surface area contributed by atoms with Crippen LogP contribution in [-0.2, 0) is 17.6 Å². The predicted molar refractivity (Wildman–Crippen MR) is 95.4 cm³/mol. The molecule has 23 heavy (non-hydrogen) atoms. The number of nitrogens with one attached hydrogen (secondary N) is 1. The number of anilines is 1. The highest BCUT2D eigenvalue weighted by Crippen LogP contribution is 2.42. The number of carbonyl (C=O) groups excluding carboxylic acids is 1. The van der Waals surface area contributed by atoms with E-state index in [1.54, 1.807) is 0 Å². The lowest BCUT2D eigenvalue weighted by Gasteiger charge is -2.43. The molecule has 0 aliphatic heterocycles.